The molecule has 5 aliphatic heterocycles. The number of imide groups is 1. The number of ether oxygens (including phenoxy) is 2. The second-order valence-electron chi connectivity index (χ2n) is 34.1. The third kappa shape index (κ3) is 19.5. The molecule has 0 bridgehead atoms. The van der Waals surface area contributed by atoms with Crippen LogP contribution < -0.4 is 78.4 Å². The van der Waals surface area contributed by atoms with Crippen molar-refractivity contribution in [1.29, 1.82) is 0 Å². The Labute approximate surface area is 763 Å². The molecule has 8 aromatic rings. The zero-order valence-corrected chi connectivity index (χ0v) is 77.6. The van der Waals surface area contributed by atoms with Gasteiger partial charge in [-0.15, -0.1) is 5.06 Å². The van der Waals surface area contributed by atoms with E-state index in [4.69, 9.17) is 19.4 Å². The Hall–Kier alpha value is -9.50. The average molecular weight is 1720 g/mol. The maximum absolute atomic E-state index is 14.8. The van der Waals surface area contributed by atoms with Crippen LogP contribution in [0.5, 0.6) is 11.5 Å². The molecule has 1 fully saturated rings. The van der Waals surface area contributed by atoms with Gasteiger partial charge in [-0.3, -0.25) is 14.4 Å². The van der Waals surface area contributed by atoms with Crippen LogP contribution >= 0.6 is 0 Å². The Morgan fingerprint density at radius 1 is 0.480 bits per heavy atom. The summed E-state index contributed by atoms with van der Waals surface area (Å²) in [5.74, 6) is -1.01. The summed E-state index contributed by atoms with van der Waals surface area (Å²) in [6.07, 6.45) is 25.7. The van der Waals surface area contributed by atoms with Crippen LogP contribution in [0.1, 0.15) is 180 Å². The first-order valence-electron chi connectivity index (χ1n) is 41.4. The second-order valence-corrected chi connectivity index (χ2v) is 36.8. The van der Waals surface area contributed by atoms with E-state index in [0.717, 1.165) is 118 Å². The van der Waals surface area contributed by atoms with E-state index in [1.165, 1.54) is 99.0 Å². The summed E-state index contributed by atoms with van der Waals surface area (Å²) >= 11 is 0. The largest absolute Gasteiger partial charge is 1.00 e. The summed E-state index contributed by atoms with van der Waals surface area (Å²) in [6.45, 7) is 18.5. The maximum Gasteiger partial charge on any atom is 1.00 e. The molecule has 123 heavy (non-hydrogen) atoms. The first-order chi connectivity index (χ1) is 57.5. The summed E-state index contributed by atoms with van der Waals surface area (Å²) in [5, 5.41) is 14.5. The summed E-state index contributed by atoms with van der Waals surface area (Å²) in [5.41, 5.74) is 14.7. The van der Waals surface area contributed by atoms with Gasteiger partial charge in [0, 0.05) is 108 Å². The molecule has 1 saturated heterocycles. The standard InChI is InChI=1S/C51H52FN3O8S.C47H49FN2O6S.2Na/c1-50(2)40-32-36(52)20-26-41(40)54(31-10-6-7-16-47(58)63-55-45(56)29-30-46(55)57)44(50)28-19-35-14-11-13-34(49(35)62-37-21-23-38(24-22-37)64(59,60)61)18-27-43-51(3,4)48-39-15-9-8-12-33(39)17-25-42(48)53(43)5;1-46(2)38-30-34(48)20-26-39(38)50(29-10-6-7-16-43(51)52)42(46)28-19-33-14-11-13-32(45(33)56-35-21-23-36(24-22-35)57(53,54)55)18-27-41-47(3,4)44-37-15-9-8-12-31(37)17-25-40(44)49(41)5;;/h8-9,12,15,17-28,32H,6-7,10-11,13-14,16,29-31H2,1-5H3;8-9,12,15,17-28,30H,6-7,10-11,13-14,16,29H2,1-5H3,(H-,51,52,53,54,55);;/q;;2*+1. The SMILES string of the molecule is C[N+]1=C(C=CC2=C(Oc3ccc(S(=O)(=O)[O-])cc3)C(=CC=C3N(CCCCCC(=O)O)c4ccc(F)cc4C3(C)C)CCC2)C(C)(C)c2c1ccc1ccccc21.C[N+]1=C(C=CC2=C(Oc3ccc(S(=O)(=O)[O-])cc3)C(=CC=C3N(CCCCCC(=O)ON4C(=O)CCC4=O)c4ccc(F)cc4C3(C)C)CCC2)C(C)(C)c2c1ccc1ccccc21.[Na+].[Na+]. The number of carboxylic acids is 1. The van der Waals surface area contributed by atoms with Crippen LogP contribution in [0.25, 0.3) is 21.5 Å². The Morgan fingerprint density at radius 3 is 1.28 bits per heavy atom. The number of rotatable bonds is 25. The van der Waals surface area contributed by atoms with Crippen LogP contribution in [-0.2, 0) is 65.9 Å². The van der Waals surface area contributed by atoms with Crippen LogP contribution in [0.4, 0.5) is 31.5 Å². The molecular weight excluding hydrogens is 1620 g/mol. The van der Waals surface area contributed by atoms with E-state index in [1.54, 1.807) is 18.2 Å². The molecule has 15 rings (SSSR count). The smallest absolute Gasteiger partial charge is 0.744 e. The molecule has 0 radical (unpaired) electrons. The number of hydrogen-bond donors (Lipinski definition) is 1. The first-order valence-corrected chi connectivity index (χ1v) is 44.2. The Morgan fingerprint density at radius 2 is 0.878 bits per heavy atom. The van der Waals surface area contributed by atoms with Gasteiger partial charge in [-0.25, -0.2) is 30.4 Å². The van der Waals surface area contributed by atoms with Gasteiger partial charge >= 0.3 is 71.1 Å². The third-order valence-electron chi connectivity index (χ3n) is 24.6. The van der Waals surface area contributed by atoms with E-state index in [2.05, 4.69) is 210 Å². The van der Waals surface area contributed by atoms with E-state index in [-0.39, 0.29) is 117 Å². The quantitative estimate of drug-likeness (QED) is 0.0184. The van der Waals surface area contributed by atoms with Crippen LogP contribution in [0, 0.1) is 11.6 Å². The van der Waals surface area contributed by atoms with Crippen molar-refractivity contribution < 1.29 is 142 Å². The van der Waals surface area contributed by atoms with Crippen molar-refractivity contribution in [2.45, 2.75) is 190 Å². The molecule has 8 aromatic carbocycles. The molecule has 25 heteroatoms. The summed E-state index contributed by atoms with van der Waals surface area (Å²) in [4.78, 5) is 56.1. The van der Waals surface area contributed by atoms with Gasteiger partial charge in [-0.1, -0.05) is 101 Å². The minimum Gasteiger partial charge on any atom is -0.744 e. The van der Waals surface area contributed by atoms with E-state index in [1.807, 2.05) is 6.07 Å². The second kappa shape index (κ2) is 37.7. The van der Waals surface area contributed by atoms with Crippen molar-refractivity contribution >= 4 is 99.7 Å². The number of amides is 2. The molecule has 5 heterocycles. The van der Waals surface area contributed by atoms with Crippen molar-refractivity contribution in [3.8, 4) is 11.5 Å². The van der Waals surface area contributed by atoms with Crippen molar-refractivity contribution in [1.82, 2.24) is 5.06 Å². The number of hydroxylamine groups is 2. The van der Waals surface area contributed by atoms with Gasteiger partial charge in [0.05, 0.1) is 20.6 Å². The molecule has 1 N–H and O–H groups in total. The molecule has 2 amide bonds. The summed E-state index contributed by atoms with van der Waals surface area (Å²) in [7, 11) is -5.09. The van der Waals surface area contributed by atoms with Gasteiger partial charge in [0.15, 0.2) is 11.4 Å². The number of unbranched alkanes of at least 4 members (excludes halogenated alkanes) is 4. The predicted octanol–water partition coefficient (Wildman–Crippen LogP) is 14.0. The topological polar surface area (TPSA) is 246 Å². The van der Waals surface area contributed by atoms with Crippen LogP contribution in [0.15, 0.2) is 261 Å². The average Bonchev–Trinajstić information content (AvgIpc) is 1.59. The van der Waals surface area contributed by atoms with E-state index in [0.29, 0.717) is 73.3 Å². The Bertz CT molecular complexity index is 6120. The molecule has 19 nitrogen and oxygen atoms in total. The molecule has 7 aliphatic rings. The fourth-order valence-corrected chi connectivity index (χ4v) is 19.4. The Balaban J connectivity index is 0.000000222. The number of carbonyl (C=O) groups excluding carboxylic acids is 3. The van der Waals surface area contributed by atoms with Crippen LogP contribution in [-0.4, -0.2) is 108 Å². The number of anilines is 2. The number of benzene rings is 8. The molecule has 0 atom stereocenters. The fraction of sp³-hybridized carbons (Fsp3) is 0.327. The van der Waals surface area contributed by atoms with Gasteiger partial charge in [0.25, 0.3) is 11.8 Å². The molecule has 0 aromatic heterocycles. The van der Waals surface area contributed by atoms with E-state index >= 15 is 0 Å². The van der Waals surface area contributed by atoms with E-state index in [9.17, 15) is 53.9 Å². The van der Waals surface area contributed by atoms with Crippen molar-refractivity contribution in [2.24, 2.45) is 0 Å². The molecule has 2 aliphatic carbocycles. The van der Waals surface area contributed by atoms with Crippen molar-refractivity contribution in [3.05, 3.63) is 285 Å². The number of halogens is 2. The third-order valence-corrected chi connectivity index (χ3v) is 26.3. The Kier molecular flexibility index (Phi) is 28.4. The van der Waals surface area contributed by atoms with Crippen LogP contribution in [0.3, 0.4) is 0 Å². The van der Waals surface area contributed by atoms with Gasteiger partial charge in [0.1, 0.15) is 69.0 Å². The predicted molar refractivity (Wildman–Crippen MR) is 463 cm³/mol. The minimum absolute atomic E-state index is 0. The fourth-order valence-electron chi connectivity index (χ4n) is 18.4. The molecule has 0 spiro atoms. The molecule has 0 unspecified atom stereocenters. The van der Waals surface area contributed by atoms with Crippen molar-refractivity contribution in [3.63, 3.8) is 0 Å². The number of carbonyl (C=O) groups is 4. The summed E-state index contributed by atoms with van der Waals surface area (Å²) in [6, 6.07) is 46.4. The monoisotopic (exact) mass is 1720 g/mol. The number of fused-ring (bicyclic) bond motifs is 8. The molecule has 0 saturated carbocycles. The molecule has 628 valence electrons. The summed E-state index contributed by atoms with van der Waals surface area (Å²) < 4.78 is 118. The zero-order chi connectivity index (χ0) is 86.3. The number of carboxylic acid groups (broad SMARTS) is 1. The van der Waals surface area contributed by atoms with Gasteiger partial charge < -0.3 is 38.3 Å². The van der Waals surface area contributed by atoms with Gasteiger partial charge in [0.2, 0.25) is 11.4 Å². The van der Waals surface area contributed by atoms with Crippen molar-refractivity contribution in [2.75, 3.05) is 37.0 Å². The number of nitrogens with zero attached hydrogens (tertiary/aromatic N) is 5. The number of hydrogen-bond acceptors (Lipinski definition) is 15. The normalized spacial score (nSPS) is 18.9. The maximum atomic E-state index is 14.8. The number of allylic oxidation sites excluding steroid dienone is 14. The van der Waals surface area contributed by atoms with Gasteiger partial charge in [-0.2, -0.15) is 9.15 Å². The van der Waals surface area contributed by atoms with E-state index < -0.39 is 54.8 Å². The van der Waals surface area contributed by atoms with Gasteiger partial charge in [-0.05, 0) is 268 Å². The zero-order valence-electron chi connectivity index (χ0n) is 71.9. The minimum atomic E-state index is -4.66. The first kappa shape index (κ1) is 92.7. The molecular formula is C98H101F2N5Na2O14S2+2. The van der Waals surface area contributed by atoms with Crippen LogP contribution in [0.2, 0.25) is 0 Å². The number of aliphatic carboxylic acids is 1.